The van der Waals surface area contributed by atoms with Crippen molar-refractivity contribution >= 4 is 33.5 Å². The zero-order valence-corrected chi connectivity index (χ0v) is 24.7. The molecule has 0 fully saturated rings. The summed E-state index contributed by atoms with van der Waals surface area (Å²) in [5, 5.41) is 15.5. The van der Waals surface area contributed by atoms with Crippen molar-refractivity contribution in [3.63, 3.8) is 0 Å². The third kappa shape index (κ3) is 9.82. The molecule has 11 nitrogen and oxygen atoms in total. The van der Waals surface area contributed by atoms with Crippen molar-refractivity contribution in [2.75, 3.05) is 25.0 Å². The van der Waals surface area contributed by atoms with Gasteiger partial charge in [-0.2, -0.15) is 4.72 Å². The number of benzene rings is 1. The van der Waals surface area contributed by atoms with Gasteiger partial charge in [0.05, 0.1) is 11.5 Å². The van der Waals surface area contributed by atoms with Gasteiger partial charge in [0, 0.05) is 31.6 Å². The summed E-state index contributed by atoms with van der Waals surface area (Å²) in [6, 6.07) is 5.67. The molecule has 1 aliphatic rings. The smallest absolute Gasteiger partial charge is 0.323 e. The number of ether oxygens (including phenoxy) is 1. The average molecular weight is 589 g/mol. The summed E-state index contributed by atoms with van der Waals surface area (Å²) in [4.78, 5) is 39.9. The van der Waals surface area contributed by atoms with Crippen LogP contribution in [0.2, 0.25) is 0 Å². The van der Waals surface area contributed by atoms with Gasteiger partial charge < -0.3 is 25.3 Å². The van der Waals surface area contributed by atoms with Crippen LogP contribution in [-0.2, 0) is 37.2 Å². The van der Waals surface area contributed by atoms with E-state index in [1.54, 1.807) is 26.0 Å². The number of anilines is 1. The average Bonchev–Trinajstić information content (AvgIpc) is 2.90. The number of carbonyl (C=O) groups is 3. The van der Waals surface area contributed by atoms with Crippen LogP contribution in [0.25, 0.3) is 0 Å². The predicted molar refractivity (Wildman–Crippen MR) is 155 cm³/mol. The van der Waals surface area contributed by atoms with E-state index < -0.39 is 22.0 Å². The van der Waals surface area contributed by atoms with Gasteiger partial charge in [-0.3, -0.25) is 9.59 Å². The Morgan fingerprint density at radius 2 is 1.83 bits per heavy atom. The van der Waals surface area contributed by atoms with Gasteiger partial charge >= 0.3 is 5.97 Å². The largest absolute Gasteiger partial charge is 0.494 e. The maximum absolute atomic E-state index is 13.1. The number of pyridine rings is 1. The highest BCUT2D eigenvalue weighted by Gasteiger charge is 2.28. The molecule has 1 aliphatic heterocycles. The monoisotopic (exact) mass is 588 g/mol. The van der Waals surface area contributed by atoms with E-state index >= 15 is 0 Å². The topological polar surface area (TPSA) is 164 Å². The van der Waals surface area contributed by atoms with Gasteiger partial charge in [-0.25, -0.2) is 13.4 Å². The lowest BCUT2D eigenvalue weighted by molar-refractivity contribution is -0.139. The molecular weight excluding hydrogens is 548 g/mol. The Labute approximate surface area is 241 Å². The molecule has 1 amide bonds. The fourth-order valence-electron chi connectivity index (χ4n) is 4.76. The fourth-order valence-corrected chi connectivity index (χ4v) is 6.40. The van der Waals surface area contributed by atoms with E-state index in [2.05, 4.69) is 26.4 Å². The number of rotatable bonds is 16. The lowest BCUT2D eigenvalue weighted by Crippen LogP contribution is -2.48. The number of aromatic nitrogens is 1. The normalized spacial score (nSPS) is 13.5. The first-order chi connectivity index (χ1) is 19.5. The molecule has 224 valence electrons. The van der Waals surface area contributed by atoms with Crippen LogP contribution in [0.5, 0.6) is 5.75 Å². The van der Waals surface area contributed by atoms with Crippen LogP contribution < -0.4 is 20.1 Å². The van der Waals surface area contributed by atoms with Crippen molar-refractivity contribution in [3.8, 4) is 5.75 Å². The van der Waals surface area contributed by atoms with Crippen LogP contribution >= 0.6 is 0 Å². The molecule has 1 aromatic carbocycles. The third-order valence-corrected chi connectivity index (χ3v) is 8.56. The number of amides is 1. The third-order valence-electron chi connectivity index (χ3n) is 6.78. The zero-order chi connectivity index (χ0) is 30.0. The van der Waals surface area contributed by atoms with E-state index in [1.165, 1.54) is 12.5 Å². The number of unbranched alkanes of at least 4 members (excludes halogenated alkanes) is 1. The minimum absolute atomic E-state index is 0.0443. The van der Waals surface area contributed by atoms with Gasteiger partial charge in [-0.05, 0) is 94.2 Å². The molecule has 0 radical (unpaired) electrons. The molecule has 0 bridgehead atoms. The minimum atomic E-state index is -4.22. The Morgan fingerprint density at radius 3 is 2.51 bits per heavy atom. The molecular formula is C29H40N4O7S. The van der Waals surface area contributed by atoms with Gasteiger partial charge in [-0.1, -0.05) is 6.07 Å². The fraction of sp³-hybridized carbons (Fsp3) is 0.517. The van der Waals surface area contributed by atoms with Crippen molar-refractivity contribution < 1.29 is 32.6 Å². The van der Waals surface area contributed by atoms with E-state index in [0.717, 1.165) is 43.7 Å². The van der Waals surface area contributed by atoms with E-state index in [1.807, 2.05) is 6.07 Å². The van der Waals surface area contributed by atoms with Gasteiger partial charge in [-0.15, -0.1) is 0 Å². The quantitative estimate of drug-likeness (QED) is 0.216. The molecule has 12 heteroatoms. The van der Waals surface area contributed by atoms with Gasteiger partial charge in [0.25, 0.3) is 0 Å². The number of fused-ring (bicyclic) bond motifs is 1. The lowest BCUT2D eigenvalue weighted by atomic mass is 10.1. The number of nitrogens with zero attached hydrogens (tertiary/aromatic N) is 1. The number of nitrogens with one attached hydrogen (secondary N) is 3. The molecule has 2 heterocycles. The first kappa shape index (κ1) is 32.0. The molecule has 0 saturated carbocycles. The summed E-state index contributed by atoms with van der Waals surface area (Å²) >= 11 is 0. The Bertz CT molecular complexity index is 1340. The molecule has 3 rings (SSSR count). The second-order valence-corrected chi connectivity index (χ2v) is 12.1. The Kier molecular flexibility index (Phi) is 11.7. The number of hydrogen-bond donors (Lipinski definition) is 4. The molecule has 41 heavy (non-hydrogen) atoms. The molecule has 4 N–H and O–H groups in total. The highest BCUT2D eigenvalue weighted by molar-refractivity contribution is 7.89. The Balaban J connectivity index is 1.49. The summed E-state index contributed by atoms with van der Waals surface area (Å²) in [6.07, 6.45) is 5.30. The molecule has 2 aromatic rings. The van der Waals surface area contributed by atoms with E-state index in [0.29, 0.717) is 42.7 Å². The van der Waals surface area contributed by atoms with Crippen LogP contribution in [0.1, 0.15) is 67.8 Å². The van der Waals surface area contributed by atoms with Crippen LogP contribution in [0, 0.1) is 13.8 Å². The van der Waals surface area contributed by atoms with Crippen molar-refractivity contribution in [1.82, 2.24) is 15.0 Å². The van der Waals surface area contributed by atoms with Gasteiger partial charge in [0.1, 0.15) is 23.4 Å². The highest BCUT2D eigenvalue weighted by atomic mass is 32.2. The highest BCUT2D eigenvalue weighted by Crippen LogP contribution is 2.26. The molecule has 0 spiro atoms. The molecule has 0 saturated heterocycles. The number of aliphatic carboxylic acids is 1. The second kappa shape index (κ2) is 14.9. The van der Waals surface area contributed by atoms with Gasteiger partial charge in [0.2, 0.25) is 15.9 Å². The van der Waals surface area contributed by atoms with Crippen LogP contribution in [0.4, 0.5) is 5.82 Å². The molecule has 1 aromatic heterocycles. The van der Waals surface area contributed by atoms with E-state index in [-0.39, 0.29) is 29.6 Å². The van der Waals surface area contributed by atoms with Crippen LogP contribution in [0.15, 0.2) is 29.2 Å². The summed E-state index contributed by atoms with van der Waals surface area (Å²) in [7, 11) is -4.22. The Morgan fingerprint density at radius 1 is 1.10 bits per heavy atom. The first-order valence-electron chi connectivity index (χ1n) is 13.9. The van der Waals surface area contributed by atoms with E-state index in [4.69, 9.17) is 4.74 Å². The number of Topliss-reactive ketones (excluding diaryl/α,β-unsaturated/α-hetero) is 1. The summed E-state index contributed by atoms with van der Waals surface area (Å²) in [6.45, 7) is 5.54. The standard InChI is InChI=1S/C29H40N4O7S/c1-19-16-24(40-15-7-8-21(3)34)17-20(2)27(19)41(38,39)33-25(29(36)37)18-31-26(35)11-5-4-10-23-13-12-22-9-6-14-30-28(22)32-23/h12-13,16-17,25,33H,4-11,14-15,18H2,1-3H3,(H,30,32)(H,31,35)(H,36,37). The number of carboxylic acids is 1. The van der Waals surface area contributed by atoms with E-state index in [9.17, 15) is 27.9 Å². The van der Waals surface area contributed by atoms with Crippen molar-refractivity contribution in [2.24, 2.45) is 0 Å². The van der Waals surface area contributed by atoms with Gasteiger partial charge in [0.15, 0.2) is 0 Å². The summed E-state index contributed by atoms with van der Waals surface area (Å²) in [5.74, 6) is -0.294. The van der Waals surface area contributed by atoms with Crippen molar-refractivity contribution in [3.05, 3.63) is 46.6 Å². The molecule has 1 atom stereocenters. The van der Waals surface area contributed by atoms with Crippen LogP contribution in [0.3, 0.4) is 0 Å². The number of hydrogen-bond acceptors (Lipinski definition) is 8. The van der Waals surface area contributed by atoms with Crippen molar-refractivity contribution in [1.29, 1.82) is 0 Å². The van der Waals surface area contributed by atoms with Crippen LogP contribution in [-0.4, -0.2) is 61.9 Å². The number of aryl methyl sites for hydroxylation is 4. The predicted octanol–water partition coefficient (Wildman–Crippen LogP) is 3.07. The molecule has 1 unspecified atom stereocenters. The number of carboxylic acid groups (broad SMARTS) is 1. The lowest BCUT2D eigenvalue weighted by Gasteiger charge is -2.19. The maximum atomic E-state index is 13.1. The van der Waals surface area contributed by atoms with Crippen molar-refractivity contribution in [2.45, 2.75) is 83.1 Å². The number of ketones is 1. The summed E-state index contributed by atoms with van der Waals surface area (Å²) < 4.78 is 34.1. The first-order valence-corrected chi connectivity index (χ1v) is 15.4. The molecule has 0 aliphatic carbocycles. The zero-order valence-electron chi connectivity index (χ0n) is 23.9. The Hall–Kier alpha value is -3.51. The minimum Gasteiger partial charge on any atom is -0.494 e. The number of carbonyl (C=O) groups excluding carboxylic acids is 2. The summed E-state index contributed by atoms with van der Waals surface area (Å²) in [5.41, 5.74) is 2.95. The number of sulfonamides is 1. The SMILES string of the molecule is CC(=O)CCCOc1cc(C)c(S(=O)(=O)NC(CNC(=O)CCCCc2ccc3c(n2)NCCC3)C(=O)O)c(C)c1. The second-order valence-electron chi connectivity index (χ2n) is 10.4. The maximum Gasteiger partial charge on any atom is 0.323 e.